The van der Waals surface area contributed by atoms with Crippen LogP contribution in [0.1, 0.15) is 76.6 Å². The van der Waals surface area contributed by atoms with Crippen LogP contribution in [0.25, 0.3) is 44.4 Å². The van der Waals surface area contributed by atoms with Crippen molar-refractivity contribution in [3.05, 3.63) is 84.7 Å². The summed E-state index contributed by atoms with van der Waals surface area (Å²) in [4.78, 5) is 71.1. The van der Waals surface area contributed by atoms with Gasteiger partial charge >= 0.3 is 12.2 Å². The first kappa shape index (κ1) is 38.7. The fourth-order valence-corrected chi connectivity index (χ4v) is 9.10. The molecule has 1 saturated carbocycles. The highest BCUT2D eigenvalue weighted by molar-refractivity contribution is 5.91. The molecular formula is C44H50N8O6. The summed E-state index contributed by atoms with van der Waals surface area (Å²) in [5, 5.41) is 7.53. The van der Waals surface area contributed by atoms with Crippen molar-refractivity contribution in [2.45, 2.75) is 83.1 Å². The number of hydrogen-bond donors (Lipinski definition) is 4. The van der Waals surface area contributed by atoms with E-state index >= 15 is 0 Å². The van der Waals surface area contributed by atoms with E-state index in [2.05, 4.69) is 91.0 Å². The van der Waals surface area contributed by atoms with Gasteiger partial charge in [0, 0.05) is 18.2 Å². The van der Waals surface area contributed by atoms with Gasteiger partial charge in [-0.15, -0.1) is 0 Å². The maximum Gasteiger partial charge on any atom is 0.407 e. The first-order valence-corrected chi connectivity index (χ1v) is 20.1. The zero-order valence-corrected chi connectivity index (χ0v) is 33.5. The Morgan fingerprint density at radius 1 is 0.724 bits per heavy atom. The summed E-state index contributed by atoms with van der Waals surface area (Å²) in [5.74, 6) is 1.45. The van der Waals surface area contributed by atoms with Gasteiger partial charge in [-0.3, -0.25) is 9.59 Å². The number of H-pyrrole nitrogens is 2. The Balaban J connectivity index is 0.954. The minimum atomic E-state index is -0.705. The zero-order valence-electron chi connectivity index (χ0n) is 33.5. The molecule has 0 radical (unpaired) electrons. The Morgan fingerprint density at radius 2 is 1.33 bits per heavy atom. The predicted octanol–water partition coefficient (Wildman–Crippen LogP) is 7.13. The topological polar surface area (TPSA) is 175 Å². The largest absolute Gasteiger partial charge is 0.453 e. The highest BCUT2D eigenvalue weighted by atomic mass is 16.5. The van der Waals surface area contributed by atoms with Crippen LogP contribution in [0, 0.1) is 11.8 Å². The first-order valence-electron chi connectivity index (χ1n) is 20.1. The number of carbonyl (C=O) groups excluding carboxylic acids is 4. The number of likely N-dealkylation sites (tertiary alicyclic amines) is 2. The molecule has 3 aliphatic rings. The van der Waals surface area contributed by atoms with E-state index in [1.54, 1.807) is 18.0 Å². The number of hydrogen-bond acceptors (Lipinski definition) is 8. The Labute approximate surface area is 337 Å². The number of nitrogens with one attached hydrogen (secondary N) is 4. The number of piperidine rings is 1. The fourth-order valence-electron chi connectivity index (χ4n) is 9.10. The van der Waals surface area contributed by atoms with E-state index in [1.165, 1.54) is 14.2 Å². The molecular weight excluding hydrogens is 737 g/mol. The van der Waals surface area contributed by atoms with E-state index in [0.29, 0.717) is 12.5 Å². The van der Waals surface area contributed by atoms with E-state index in [9.17, 15) is 19.2 Å². The smallest absolute Gasteiger partial charge is 0.407 e. The van der Waals surface area contributed by atoms with Crippen molar-refractivity contribution >= 4 is 34.8 Å². The normalized spacial score (nSPS) is 21.0. The van der Waals surface area contributed by atoms with Crippen molar-refractivity contribution < 1.29 is 28.7 Å². The van der Waals surface area contributed by atoms with Crippen molar-refractivity contribution in [1.82, 2.24) is 40.4 Å². The number of aromatic nitrogens is 4. The Bertz CT molecular complexity index is 2340. The van der Waals surface area contributed by atoms with Crippen molar-refractivity contribution in [3.63, 3.8) is 0 Å². The van der Waals surface area contributed by atoms with Gasteiger partial charge in [0.15, 0.2) is 0 Å². The standard InChI is InChI=1S/C44H50N8O6/c1-24(2)37(50-44(56)58-5)42(54)52-33-17-16-32(21-33)38(52)40-46-23-35(49-40)31-15-14-29-19-28(12-13-30(29)20-31)26-8-10-27(11-9-26)34-22-45-39(48-34)36-7-6-18-51(36)41(53)25(3)47-43(55)57-4/h8-15,19-20,22-25,32-33,36-38H,6-7,16-18,21H2,1-5H3,(H,45,48)(H,46,49)(H,47,55)(H,50,56)/t25-,32+,33+,36-,37-,38-/m0/s1. The van der Waals surface area contributed by atoms with Gasteiger partial charge in [-0.2, -0.15) is 0 Å². The highest BCUT2D eigenvalue weighted by Crippen LogP contribution is 2.50. The lowest BCUT2D eigenvalue weighted by Crippen LogP contribution is -2.54. The average molecular weight is 787 g/mol. The zero-order chi connectivity index (χ0) is 40.7. The van der Waals surface area contributed by atoms with E-state index in [4.69, 9.17) is 9.72 Å². The molecule has 0 spiro atoms. The SMILES string of the molecule is COC(=O)N[C@@H](C)C(=O)N1CCC[C@H]1c1ncc(-c2ccc(-c3ccc4cc(-c5cnc([C@@H]6[C@@H]7CC[C@H](C7)N6C(=O)[C@@H](NC(=O)OC)C(C)C)[nH]5)ccc4c3)cc2)[nH]1. The molecule has 2 aromatic heterocycles. The molecule has 1 aliphatic carbocycles. The van der Waals surface area contributed by atoms with E-state index in [0.717, 1.165) is 88.2 Å². The predicted molar refractivity (Wildman–Crippen MR) is 218 cm³/mol. The molecule has 6 atom stereocenters. The summed E-state index contributed by atoms with van der Waals surface area (Å²) in [6.07, 6.45) is 6.98. The van der Waals surface area contributed by atoms with Crippen molar-refractivity contribution in [2.24, 2.45) is 11.8 Å². The fraction of sp³-hybridized carbons (Fsp3) is 0.409. The van der Waals surface area contributed by atoms with Gasteiger partial charge in [-0.1, -0.05) is 62.4 Å². The molecule has 4 N–H and O–H groups in total. The lowest BCUT2D eigenvalue weighted by atomic mass is 9.95. The summed E-state index contributed by atoms with van der Waals surface area (Å²) in [5.41, 5.74) is 5.92. The maximum absolute atomic E-state index is 14.0. The molecule has 2 aliphatic heterocycles. The molecule has 14 nitrogen and oxygen atoms in total. The monoisotopic (exact) mass is 786 g/mol. The summed E-state index contributed by atoms with van der Waals surface area (Å²) in [6, 6.07) is 19.5. The van der Waals surface area contributed by atoms with Gasteiger partial charge < -0.3 is 39.9 Å². The minimum Gasteiger partial charge on any atom is -0.453 e. The van der Waals surface area contributed by atoms with E-state index in [1.807, 2.05) is 24.9 Å². The van der Waals surface area contributed by atoms with Crippen LogP contribution in [0.5, 0.6) is 0 Å². The molecule has 3 aromatic carbocycles. The average Bonchev–Trinajstić information content (AvgIpc) is 4.10. The molecule has 0 unspecified atom stereocenters. The van der Waals surface area contributed by atoms with Crippen LogP contribution < -0.4 is 10.6 Å². The quantitative estimate of drug-likeness (QED) is 0.116. The van der Waals surface area contributed by atoms with Crippen LogP contribution in [-0.4, -0.2) is 92.6 Å². The Morgan fingerprint density at radius 3 is 2.03 bits per heavy atom. The maximum atomic E-state index is 14.0. The van der Waals surface area contributed by atoms with Crippen molar-refractivity contribution in [1.29, 1.82) is 0 Å². The Hall–Kier alpha value is -6.18. The summed E-state index contributed by atoms with van der Waals surface area (Å²) in [6.45, 7) is 6.11. The number of fused-ring (bicyclic) bond motifs is 3. The van der Waals surface area contributed by atoms with Gasteiger partial charge in [-0.05, 0) is 90.5 Å². The number of imidazole rings is 2. The number of carbonyl (C=O) groups is 4. The van der Waals surface area contributed by atoms with Crippen molar-refractivity contribution in [2.75, 3.05) is 20.8 Å². The molecule has 302 valence electrons. The van der Waals surface area contributed by atoms with Crippen LogP contribution >= 0.6 is 0 Å². The summed E-state index contributed by atoms with van der Waals surface area (Å²) >= 11 is 0. The van der Waals surface area contributed by atoms with Crippen LogP contribution in [0.15, 0.2) is 73.1 Å². The van der Waals surface area contributed by atoms with Gasteiger partial charge in [0.25, 0.3) is 0 Å². The first-order chi connectivity index (χ1) is 28.0. The lowest BCUT2D eigenvalue weighted by Gasteiger charge is -2.37. The summed E-state index contributed by atoms with van der Waals surface area (Å²) in [7, 11) is 2.58. The number of methoxy groups -OCH3 is 2. The molecule has 5 aromatic rings. The summed E-state index contributed by atoms with van der Waals surface area (Å²) < 4.78 is 9.48. The van der Waals surface area contributed by atoms with Crippen LogP contribution in [0.4, 0.5) is 9.59 Å². The van der Waals surface area contributed by atoms with Gasteiger partial charge in [0.1, 0.15) is 23.7 Å². The third-order valence-corrected chi connectivity index (χ3v) is 12.1. The molecule has 4 amide bonds. The lowest BCUT2D eigenvalue weighted by molar-refractivity contribution is -0.139. The molecule has 58 heavy (non-hydrogen) atoms. The number of amides is 4. The molecule has 8 rings (SSSR count). The van der Waals surface area contributed by atoms with Crippen LogP contribution in [-0.2, 0) is 19.1 Å². The molecule has 4 heterocycles. The molecule has 14 heteroatoms. The number of rotatable bonds is 10. The molecule has 2 saturated heterocycles. The van der Waals surface area contributed by atoms with E-state index < -0.39 is 24.3 Å². The third-order valence-electron chi connectivity index (χ3n) is 12.1. The molecule has 2 bridgehead atoms. The highest BCUT2D eigenvalue weighted by Gasteiger charge is 2.51. The second-order valence-corrected chi connectivity index (χ2v) is 16.0. The van der Waals surface area contributed by atoms with Crippen molar-refractivity contribution in [3.8, 4) is 33.6 Å². The van der Waals surface area contributed by atoms with Gasteiger partial charge in [-0.25, -0.2) is 19.6 Å². The number of benzene rings is 3. The number of alkyl carbamates (subject to hydrolysis) is 2. The van der Waals surface area contributed by atoms with E-state index in [-0.39, 0.29) is 35.9 Å². The van der Waals surface area contributed by atoms with Gasteiger partial charge in [0.05, 0.1) is 50.1 Å². The van der Waals surface area contributed by atoms with Crippen LogP contribution in [0.2, 0.25) is 0 Å². The number of ether oxygens (including phenoxy) is 2. The number of aromatic amines is 2. The van der Waals surface area contributed by atoms with Gasteiger partial charge in [0.2, 0.25) is 11.8 Å². The number of nitrogens with zero attached hydrogens (tertiary/aromatic N) is 4. The van der Waals surface area contributed by atoms with Crippen LogP contribution in [0.3, 0.4) is 0 Å². The third kappa shape index (κ3) is 7.38. The second-order valence-electron chi connectivity index (χ2n) is 16.0. The molecule has 3 fully saturated rings. The second kappa shape index (κ2) is 16.0. The minimum absolute atomic E-state index is 0.0918. The Kier molecular flexibility index (Phi) is 10.7.